The Morgan fingerprint density at radius 3 is 2.78 bits per heavy atom. The van der Waals surface area contributed by atoms with Gasteiger partial charge in [0, 0.05) is 23.5 Å². The van der Waals surface area contributed by atoms with E-state index in [4.69, 9.17) is 0 Å². The standard InChI is InChI=1S/C15H14N6O2/c1-9-10(8-13(22)19-12-5-7-17-21-12)15(23)20-14(18-9)11-4-2-3-6-16-11/h2-7H,8H2,1H3,(H,18,20,23)(H2,17,19,21,22). The number of hydrogen-bond donors (Lipinski definition) is 3. The third kappa shape index (κ3) is 3.31. The van der Waals surface area contributed by atoms with E-state index >= 15 is 0 Å². The van der Waals surface area contributed by atoms with Crippen LogP contribution in [0, 0.1) is 6.92 Å². The van der Waals surface area contributed by atoms with E-state index in [9.17, 15) is 9.59 Å². The maximum absolute atomic E-state index is 12.2. The molecule has 116 valence electrons. The summed E-state index contributed by atoms with van der Waals surface area (Å²) < 4.78 is 0. The van der Waals surface area contributed by atoms with Crippen molar-refractivity contribution >= 4 is 11.7 Å². The molecule has 0 aliphatic rings. The van der Waals surface area contributed by atoms with Crippen molar-refractivity contribution in [3.63, 3.8) is 0 Å². The van der Waals surface area contributed by atoms with Crippen molar-refractivity contribution < 1.29 is 4.79 Å². The lowest BCUT2D eigenvalue weighted by Gasteiger charge is -2.07. The number of carbonyl (C=O) groups excluding carboxylic acids is 1. The maximum Gasteiger partial charge on any atom is 0.255 e. The Kier molecular flexibility index (Phi) is 3.96. The van der Waals surface area contributed by atoms with E-state index in [2.05, 4.69) is 30.5 Å². The molecule has 3 aromatic rings. The zero-order valence-corrected chi connectivity index (χ0v) is 12.3. The third-order valence-electron chi connectivity index (χ3n) is 3.24. The van der Waals surface area contributed by atoms with Gasteiger partial charge in [0.05, 0.1) is 12.6 Å². The van der Waals surface area contributed by atoms with Gasteiger partial charge < -0.3 is 10.3 Å². The Bertz CT molecular complexity index is 871. The van der Waals surface area contributed by atoms with E-state index in [1.54, 1.807) is 31.3 Å². The minimum absolute atomic E-state index is 0.0737. The molecule has 0 bridgehead atoms. The highest BCUT2D eigenvalue weighted by molar-refractivity contribution is 5.91. The first-order valence-corrected chi connectivity index (χ1v) is 6.94. The molecule has 0 spiro atoms. The molecule has 8 nitrogen and oxygen atoms in total. The van der Waals surface area contributed by atoms with E-state index in [0.717, 1.165) is 0 Å². The highest BCUT2D eigenvalue weighted by atomic mass is 16.2. The Labute approximate surface area is 131 Å². The van der Waals surface area contributed by atoms with Crippen LogP contribution in [-0.4, -0.2) is 31.1 Å². The van der Waals surface area contributed by atoms with Crippen LogP contribution in [0.1, 0.15) is 11.3 Å². The summed E-state index contributed by atoms with van der Waals surface area (Å²) in [4.78, 5) is 35.4. The van der Waals surface area contributed by atoms with Crippen LogP contribution in [0.5, 0.6) is 0 Å². The SMILES string of the molecule is Cc1nc(-c2ccccn2)[nH]c(=O)c1CC(=O)Nc1ccn[nH]1. The molecule has 0 fully saturated rings. The van der Waals surface area contributed by atoms with Crippen molar-refractivity contribution in [3.8, 4) is 11.5 Å². The molecule has 3 rings (SSSR count). The lowest BCUT2D eigenvalue weighted by molar-refractivity contribution is -0.115. The molecular formula is C15H14N6O2. The molecule has 0 unspecified atom stereocenters. The summed E-state index contributed by atoms with van der Waals surface area (Å²) in [5.74, 6) is 0.531. The molecule has 0 aliphatic carbocycles. The van der Waals surface area contributed by atoms with Gasteiger partial charge in [0.1, 0.15) is 11.5 Å². The number of amides is 1. The van der Waals surface area contributed by atoms with Gasteiger partial charge in [0.2, 0.25) is 5.91 Å². The van der Waals surface area contributed by atoms with Gasteiger partial charge in [0.15, 0.2) is 5.82 Å². The van der Waals surface area contributed by atoms with Crippen LogP contribution < -0.4 is 10.9 Å². The van der Waals surface area contributed by atoms with Crippen LogP contribution in [0.2, 0.25) is 0 Å². The molecule has 0 atom stereocenters. The van der Waals surface area contributed by atoms with Crippen molar-refractivity contribution in [2.75, 3.05) is 5.32 Å². The fourth-order valence-corrected chi connectivity index (χ4v) is 2.12. The number of nitrogens with zero attached hydrogens (tertiary/aromatic N) is 3. The van der Waals surface area contributed by atoms with Crippen molar-refractivity contribution in [1.82, 2.24) is 25.1 Å². The van der Waals surface area contributed by atoms with Gasteiger partial charge in [-0.1, -0.05) is 6.07 Å². The number of pyridine rings is 1. The molecule has 0 aromatic carbocycles. The minimum Gasteiger partial charge on any atom is -0.311 e. The number of H-pyrrole nitrogens is 2. The number of aromatic nitrogens is 5. The lowest BCUT2D eigenvalue weighted by Crippen LogP contribution is -2.24. The van der Waals surface area contributed by atoms with Gasteiger partial charge >= 0.3 is 0 Å². The quantitative estimate of drug-likeness (QED) is 0.666. The van der Waals surface area contributed by atoms with E-state index in [0.29, 0.717) is 28.6 Å². The summed E-state index contributed by atoms with van der Waals surface area (Å²) in [6, 6.07) is 6.96. The topological polar surface area (TPSA) is 116 Å². The van der Waals surface area contributed by atoms with Crippen LogP contribution >= 0.6 is 0 Å². The molecule has 1 amide bonds. The summed E-state index contributed by atoms with van der Waals surface area (Å²) in [7, 11) is 0. The maximum atomic E-state index is 12.2. The Morgan fingerprint density at radius 2 is 2.13 bits per heavy atom. The van der Waals surface area contributed by atoms with Gasteiger partial charge in [-0.25, -0.2) is 4.98 Å². The first kappa shape index (κ1) is 14.6. The molecule has 3 N–H and O–H groups in total. The molecule has 23 heavy (non-hydrogen) atoms. The first-order chi connectivity index (χ1) is 11.1. The number of rotatable bonds is 4. The summed E-state index contributed by atoms with van der Waals surface area (Å²) in [6.45, 7) is 1.69. The van der Waals surface area contributed by atoms with Gasteiger partial charge in [-0.05, 0) is 19.1 Å². The van der Waals surface area contributed by atoms with Crippen LogP contribution in [0.15, 0.2) is 41.5 Å². The number of aryl methyl sites for hydroxylation is 1. The number of aromatic amines is 2. The van der Waals surface area contributed by atoms with E-state index in [-0.39, 0.29) is 17.9 Å². The van der Waals surface area contributed by atoms with Crippen LogP contribution in [0.4, 0.5) is 5.82 Å². The molecule has 0 saturated heterocycles. The van der Waals surface area contributed by atoms with Crippen molar-refractivity contribution in [2.45, 2.75) is 13.3 Å². The predicted molar refractivity (Wildman–Crippen MR) is 83.7 cm³/mol. The van der Waals surface area contributed by atoms with Crippen LogP contribution in [0.25, 0.3) is 11.5 Å². The summed E-state index contributed by atoms with van der Waals surface area (Å²) in [5, 5.41) is 8.98. The predicted octanol–water partition coefficient (Wildman–Crippen LogP) is 1.04. The normalized spacial score (nSPS) is 10.5. The number of anilines is 1. The van der Waals surface area contributed by atoms with Gasteiger partial charge in [-0.2, -0.15) is 5.10 Å². The van der Waals surface area contributed by atoms with Crippen molar-refractivity contribution in [1.29, 1.82) is 0 Å². The second-order valence-electron chi connectivity index (χ2n) is 4.89. The summed E-state index contributed by atoms with van der Waals surface area (Å²) in [6.07, 6.45) is 3.07. The average Bonchev–Trinajstić information content (AvgIpc) is 3.04. The van der Waals surface area contributed by atoms with E-state index in [1.165, 1.54) is 6.20 Å². The minimum atomic E-state index is -0.349. The Hall–Kier alpha value is -3.29. The van der Waals surface area contributed by atoms with Crippen molar-refractivity contribution in [3.05, 3.63) is 58.3 Å². The number of carbonyl (C=O) groups is 1. The number of hydrogen-bond acceptors (Lipinski definition) is 5. The monoisotopic (exact) mass is 310 g/mol. The Balaban J connectivity index is 1.83. The first-order valence-electron chi connectivity index (χ1n) is 6.94. The van der Waals surface area contributed by atoms with Crippen LogP contribution in [0.3, 0.4) is 0 Å². The lowest BCUT2D eigenvalue weighted by atomic mass is 10.1. The van der Waals surface area contributed by atoms with Gasteiger partial charge in [-0.3, -0.25) is 19.7 Å². The zero-order chi connectivity index (χ0) is 16.2. The Morgan fingerprint density at radius 1 is 1.26 bits per heavy atom. The molecule has 0 radical (unpaired) electrons. The smallest absolute Gasteiger partial charge is 0.255 e. The largest absolute Gasteiger partial charge is 0.311 e. The summed E-state index contributed by atoms with van der Waals surface area (Å²) in [5.41, 5.74) is 1.04. The van der Waals surface area contributed by atoms with E-state index < -0.39 is 0 Å². The second-order valence-corrected chi connectivity index (χ2v) is 4.89. The molecule has 3 aromatic heterocycles. The average molecular weight is 310 g/mol. The number of nitrogens with one attached hydrogen (secondary N) is 3. The third-order valence-corrected chi connectivity index (χ3v) is 3.24. The molecule has 3 heterocycles. The fraction of sp³-hybridized carbons (Fsp3) is 0.133. The second kappa shape index (κ2) is 6.22. The summed E-state index contributed by atoms with van der Waals surface area (Å²) >= 11 is 0. The van der Waals surface area contributed by atoms with Crippen molar-refractivity contribution in [2.24, 2.45) is 0 Å². The highest BCUT2D eigenvalue weighted by Gasteiger charge is 2.14. The van der Waals surface area contributed by atoms with E-state index in [1.807, 2.05) is 6.07 Å². The highest BCUT2D eigenvalue weighted by Crippen LogP contribution is 2.11. The van der Waals surface area contributed by atoms with Gasteiger partial charge in [0.25, 0.3) is 5.56 Å². The zero-order valence-electron chi connectivity index (χ0n) is 12.3. The molecular weight excluding hydrogens is 296 g/mol. The fourth-order valence-electron chi connectivity index (χ4n) is 2.12. The molecule has 0 saturated carbocycles. The molecule has 0 aliphatic heterocycles. The van der Waals surface area contributed by atoms with Gasteiger partial charge in [-0.15, -0.1) is 0 Å². The molecule has 8 heteroatoms. The van der Waals surface area contributed by atoms with Crippen LogP contribution in [-0.2, 0) is 11.2 Å².